The summed E-state index contributed by atoms with van der Waals surface area (Å²) < 4.78 is 6.72. The number of thioether (sulfide) groups is 1. The topological polar surface area (TPSA) is 64.3 Å². The average Bonchev–Trinajstić information content (AvgIpc) is 3.16. The summed E-state index contributed by atoms with van der Waals surface area (Å²) in [5.74, 6) is 2.89. The molecule has 2 aromatic heterocycles. The standard InChI is InChI=1S/C21H24N4OS2/c1-27-13-7-16-14-18-19(28-16)21(25-9-11-26-12-10-25)24-20(23-18)17-5-3-2-4-15(17)6-8-22/h2-6,8,14H,7,9-13,22H2,1H3/b8-6-. The van der Waals surface area contributed by atoms with Crippen molar-refractivity contribution in [1.29, 1.82) is 0 Å². The SMILES string of the molecule is CSCCc1cc2nc(-c3ccccc3/C=C\N)nc(N3CCOCC3)c2s1. The van der Waals surface area contributed by atoms with Crippen molar-refractivity contribution in [2.24, 2.45) is 5.73 Å². The fourth-order valence-corrected chi connectivity index (χ4v) is 5.02. The first-order chi connectivity index (χ1) is 13.8. The minimum atomic E-state index is 0.734. The number of aryl methyl sites for hydroxylation is 1. The number of morpholine rings is 1. The number of hydrogen-bond acceptors (Lipinski definition) is 7. The van der Waals surface area contributed by atoms with Gasteiger partial charge in [-0.3, -0.25) is 0 Å². The van der Waals surface area contributed by atoms with E-state index in [1.165, 1.54) is 9.58 Å². The van der Waals surface area contributed by atoms with Gasteiger partial charge in [0.25, 0.3) is 0 Å². The molecule has 2 N–H and O–H groups in total. The zero-order valence-electron chi connectivity index (χ0n) is 15.9. The highest BCUT2D eigenvalue weighted by atomic mass is 32.2. The Labute approximate surface area is 173 Å². The quantitative estimate of drug-likeness (QED) is 0.659. The van der Waals surface area contributed by atoms with E-state index in [2.05, 4.69) is 23.3 Å². The molecule has 0 atom stereocenters. The Balaban J connectivity index is 1.85. The second-order valence-electron chi connectivity index (χ2n) is 6.59. The first kappa shape index (κ1) is 19.2. The fraction of sp³-hybridized carbons (Fsp3) is 0.333. The summed E-state index contributed by atoms with van der Waals surface area (Å²) in [5, 5.41) is 0. The highest BCUT2D eigenvalue weighted by molar-refractivity contribution is 7.98. The van der Waals surface area contributed by atoms with E-state index in [1.807, 2.05) is 47.4 Å². The third-order valence-electron chi connectivity index (χ3n) is 4.75. The molecule has 1 aliphatic heterocycles. The van der Waals surface area contributed by atoms with Crippen LogP contribution in [-0.4, -0.2) is 48.3 Å². The number of nitrogens with two attached hydrogens (primary N) is 1. The molecule has 0 amide bonds. The molecule has 4 rings (SSSR count). The second kappa shape index (κ2) is 8.94. The summed E-state index contributed by atoms with van der Waals surface area (Å²) in [7, 11) is 0. The van der Waals surface area contributed by atoms with Gasteiger partial charge in [-0.1, -0.05) is 24.3 Å². The van der Waals surface area contributed by atoms with E-state index >= 15 is 0 Å². The summed E-state index contributed by atoms with van der Waals surface area (Å²) >= 11 is 3.69. The van der Waals surface area contributed by atoms with Crippen LogP contribution in [0.2, 0.25) is 0 Å². The Morgan fingerprint density at radius 3 is 2.86 bits per heavy atom. The third-order valence-corrected chi connectivity index (χ3v) is 6.54. The Hall–Kier alpha value is -2.09. The smallest absolute Gasteiger partial charge is 0.162 e. The third kappa shape index (κ3) is 4.01. The molecule has 0 radical (unpaired) electrons. The van der Waals surface area contributed by atoms with E-state index < -0.39 is 0 Å². The van der Waals surface area contributed by atoms with Gasteiger partial charge in [0, 0.05) is 23.5 Å². The lowest BCUT2D eigenvalue weighted by Crippen LogP contribution is -2.36. The molecular weight excluding hydrogens is 388 g/mol. The maximum Gasteiger partial charge on any atom is 0.162 e. The number of fused-ring (bicyclic) bond motifs is 1. The van der Waals surface area contributed by atoms with Crippen molar-refractivity contribution in [1.82, 2.24) is 9.97 Å². The number of hydrogen-bond donors (Lipinski definition) is 1. The molecule has 1 aliphatic rings. The first-order valence-electron chi connectivity index (χ1n) is 9.40. The molecule has 0 bridgehead atoms. The van der Waals surface area contributed by atoms with Gasteiger partial charge in [-0.25, -0.2) is 9.97 Å². The van der Waals surface area contributed by atoms with Gasteiger partial charge in [-0.15, -0.1) is 11.3 Å². The molecule has 0 unspecified atom stereocenters. The van der Waals surface area contributed by atoms with Gasteiger partial charge in [0.15, 0.2) is 11.6 Å². The Morgan fingerprint density at radius 2 is 2.07 bits per heavy atom. The number of benzene rings is 1. The van der Waals surface area contributed by atoms with Crippen molar-refractivity contribution in [3.05, 3.63) is 47.0 Å². The molecule has 1 saturated heterocycles. The number of aromatic nitrogens is 2. The van der Waals surface area contributed by atoms with Gasteiger partial charge in [0.1, 0.15) is 0 Å². The summed E-state index contributed by atoms with van der Waals surface area (Å²) in [6.45, 7) is 3.18. The molecule has 3 aromatic rings. The van der Waals surface area contributed by atoms with Gasteiger partial charge in [0.05, 0.1) is 23.4 Å². The van der Waals surface area contributed by atoms with Gasteiger partial charge in [-0.05, 0) is 42.3 Å². The minimum Gasteiger partial charge on any atom is -0.405 e. The monoisotopic (exact) mass is 412 g/mol. The fourth-order valence-electron chi connectivity index (χ4n) is 3.35. The number of rotatable bonds is 6. The van der Waals surface area contributed by atoms with E-state index in [1.54, 1.807) is 6.20 Å². The molecule has 0 aliphatic carbocycles. The Morgan fingerprint density at radius 1 is 1.25 bits per heavy atom. The second-order valence-corrected chi connectivity index (χ2v) is 8.71. The molecule has 5 nitrogen and oxygen atoms in total. The van der Waals surface area contributed by atoms with Gasteiger partial charge >= 0.3 is 0 Å². The lowest BCUT2D eigenvalue weighted by molar-refractivity contribution is 0.122. The molecule has 3 heterocycles. The minimum absolute atomic E-state index is 0.734. The predicted octanol–water partition coefficient (Wildman–Crippen LogP) is 4.03. The van der Waals surface area contributed by atoms with Crippen LogP contribution in [0, 0.1) is 0 Å². The number of thiophene rings is 1. The van der Waals surface area contributed by atoms with E-state index in [0.717, 1.165) is 66.8 Å². The molecule has 28 heavy (non-hydrogen) atoms. The summed E-state index contributed by atoms with van der Waals surface area (Å²) in [5.41, 5.74) is 8.70. The highest BCUT2D eigenvalue weighted by Gasteiger charge is 2.20. The normalized spacial score (nSPS) is 15.0. The zero-order valence-corrected chi connectivity index (χ0v) is 17.6. The van der Waals surface area contributed by atoms with Crippen LogP contribution in [0.3, 0.4) is 0 Å². The maximum absolute atomic E-state index is 5.65. The Bertz CT molecular complexity index is 980. The summed E-state index contributed by atoms with van der Waals surface area (Å²) in [6.07, 6.45) is 6.67. The van der Waals surface area contributed by atoms with Crippen molar-refractivity contribution in [2.45, 2.75) is 6.42 Å². The van der Waals surface area contributed by atoms with Crippen LogP contribution in [0.15, 0.2) is 36.5 Å². The molecule has 7 heteroatoms. The van der Waals surface area contributed by atoms with Gasteiger partial charge in [-0.2, -0.15) is 11.8 Å². The van der Waals surface area contributed by atoms with Crippen LogP contribution < -0.4 is 10.6 Å². The number of nitrogens with zero attached hydrogens (tertiary/aromatic N) is 3. The van der Waals surface area contributed by atoms with Crippen LogP contribution in [0.4, 0.5) is 5.82 Å². The lowest BCUT2D eigenvalue weighted by Gasteiger charge is -2.28. The predicted molar refractivity (Wildman–Crippen MR) is 121 cm³/mol. The zero-order chi connectivity index (χ0) is 19.3. The summed E-state index contributed by atoms with van der Waals surface area (Å²) in [6, 6.07) is 10.3. The van der Waals surface area contributed by atoms with Crippen LogP contribution in [0.5, 0.6) is 0 Å². The van der Waals surface area contributed by atoms with Gasteiger partial charge in [0.2, 0.25) is 0 Å². The highest BCUT2D eigenvalue weighted by Crippen LogP contribution is 2.35. The molecule has 1 aromatic carbocycles. The van der Waals surface area contributed by atoms with Crippen molar-refractivity contribution < 1.29 is 4.74 Å². The van der Waals surface area contributed by atoms with Gasteiger partial charge < -0.3 is 15.4 Å². The molecule has 1 fully saturated rings. The largest absolute Gasteiger partial charge is 0.405 e. The Kier molecular flexibility index (Phi) is 6.14. The van der Waals surface area contributed by atoms with Crippen LogP contribution in [0.1, 0.15) is 10.4 Å². The van der Waals surface area contributed by atoms with Crippen molar-refractivity contribution in [3.8, 4) is 11.4 Å². The molecule has 146 valence electrons. The first-order valence-corrected chi connectivity index (χ1v) is 11.6. The van der Waals surface area contributed by atoms with Crippen molar-refractivity contribution in [2.75, 3.05) is 43.2 Å². The van der Waals surface area contributed by atoms with E-state index in [4.69, 9.17) is 20.4 Å². The van der Waals surface area contributed by atoms with E-state index in [0.29, 0.717) is 0 Å². The van der Waals surface area contributed by atoms with Crippen molar-refractivity contribution in [3.63, 3.8) is 0 Å². The number of ether oxygens (including phenoxy) is 1. The lowest BCUT2D eigenvalue weighted by atomic mass is 10.1. The molecule has 0 saturated carbocycles. The van der Waals surface area contributed by atoms with E-state index in [-0.39, 0.29) is 0 Å². The molecule has 0 spiro atoms. The average molecular weight is 413 g/mol. The van der Waals surface area contributed by atoms with Crippen LogP contribution in [-0.2, 0) is 11.2 Å². The molecular formula is C21H24N4OS2. The van der Waals surface area contributed by atoms with Crippen LogP contribution >= 0.6 is 23.1 Å². The summed E-state index contributed by atoms with van der Waals surface area (Å²) in [4.78, 5) is 13.6. The van der Waals surface area contributed by atoms with E-state index in [9.17, 15) is 0 Å². The van der Waals surface area contributed by atoms with Crippen molar-refractivity contribution >= 4 is 45.2 Å². The maximum atomic E-state index is 5.65. The van der Waals surface area contributed by atoms with Crippen LogP contribution in [0.25, 0.3) is 27.7 Å². The number of anilines is 1.